The predicted molar refractivity (Wildman–Crippen MR) is 106 cm³/mol. The molecule has 0 unspecified atom stereocenters. The number of hydrogen-bond donors (Lipinski definition) is 1. The Bertz CT molecular complexity index is 722. The van der Waals surface area contributed by atoms with Crippen molar-refractivity contribution in [3.63, 3.8) is 0 Å². The summed E-state index contributed by atoms with van der Waals surface area (Å²) < 4.78 is 5.45. The molecule has 1 N–H and O–H groups in total. The molecule has 1 aliphatic heterocycles. The van der Waals surface area contributed by atoms with Gasteiger partial charge in [-0.25, -0.2) is 0 Å². The Morgan fingerprint density at radius 1 is 1.04 bits per heavy atom. The summed E-state index contributed by atoms with van der Waals surface area (Å²) >= 11 is 0. The minimum absolute atomic E-state index is 0.0417. The van der Waals surface area contributed by atoms with Crippen molar-refractivity contribution in [1.82, 2.24) is 4.90 Å². The van der Waals surface area contributed by atoms with Crippen LogP contribution in [0.3, 0.4) is 0 Å². The lowest BCUT2D eigenvalue weighted by Crippen LogP contribution is -2.48. The molecule has 5 nitrogen and oxygen atoms in total. The summed E-state index contributed by atoms with van der Waals surface area (Å²) in [4.78, 5) is 16.8. The van der Waals surface area contributed by atoms with Gasteiger partial charge in [-0.1, -0.05) is 31.2 Å². The number of aryl methyl sites for hydroxylation is 1. The summed E-state index contributed by atoms with van der Waals surface area (Å²) in [6.45, 7) is 6.05. The molecule has 0 atom stereocenters. The molecule has 2 aromatic rings. The smallest absolute Gasteiger partial charge is 0.238 e. The molecule has 0 aliphatic carbocycles. The standard InChI is InChI=1S/C21H27N3O2/c1-3-17-8-10-18(11-9-17)22-21(25)16-23-12-14-24(15-13-23)19-6-4-5-7-20(19)26-2/h4-11H,3,12-16H2,1-2H3,(H,22,25). The van der Waals surface area contributed by atoms with Crippen molar-refractivity contribution in [2.45, 2.75) is 13.3 Å². The zero-order valence-electron chi connectivity index (χ0n) is 15.6. The average molecular weight is 353 g/mol. The van der Waals surface area contributed by atoms with Crippen LogP contribution in [0.25, 0.3) is 0 Å². The third kappa shape index (κ3) is 4.55. The second-order valence-corrected chi connectivity index (χ2v) is 6.53. The third-order valence-electron chi connectivity index (χ3n) is 4.81. The van der Waals surface area contributed by atoms with Crippen LogP contribution in [-0.2, 0) is 11.2 Å². The third-order valence-corrected chi connectivity index (χ3v) is 4.81. The van der Waals surface area contributed by atoms with Crippen molar-refractivity contribution in [2.75, 3.05) is 50.1 Å². The highest BCUT2D eigenvalue weighted by molar-refractivity contribution is 5.92. The number of nitrogens with zero attached hydrogens (tertiary/aromatic N) is 2. The van der Waals surface area contributed by atoms with Crippen molar-refractivity contribution >= 4 is 17.3 Å². The molecule has 138 valence electrons. The van der Waals surface area contributed by atoms with E-state index in [0.717, 1.165) is 49.7 Å². The zero-order valence-corrected chi connectivity index (χ0v) is 15.6. The second-order valence-electron chi connectivity index (χ2n) is 6.53. The predicted octanol–water partition coefficient (Wildman–Crippen LogP) is 3.02. The molecule has 1 heterocycles. The molecule has 0 saturated carbocycles. The van der Waals surface area contributed by atoms with Gasteiger partial charge < -0.3 is 15.0 Å². The molecule has 3 rings (SSSR count). The number of piperazine rings is 1. The highest BCUT2D eigenvalue weighted by atomic mass is 16.5. The number of methoxy groups -OCH3 is 1. The van der Waals surface area contributed by atoms with Gasteiger partial charge in [0.2, 0.25) is 5.91 Å². The van der Waals surface area contributed by atoms with Gasteiger partial charge in [0.05, 0.1) is 19.3 Å². The molecule has 0 bridgehead atoms. The number of amides is 1. The zero-order chi connectivity index (χ0) is 18.4. The number of rotatable bonds is 6. The van der Waals surface area contributed by atoms with Gasteiger partial charge in [0.1, 0.15) is 5.75 Å². The normalized spacial score (nSPS) is 14.9. The van der Waals surface area contributed by atoms with Crippen LogP contribution in [0.2, 0.25) is 0 Å². The van der Waals surface area contributed by atoms with Crippen LogP contribution in [0.4, 0.5) is 11.4 Å². The van der Waals surface area contributed by atoms with Crippen LogP contribution in [0.15, 0.2) is 48.5 Å². The molecule has 1 aliphatic rings. The quantitative estimate of drug-likeness (QED) is 0.867. The van der Waals surface area contributed by atoms with Gasteiger partial charge in [0, 0.05) is 31.9 Å². The molecule has 1 fully saturated rings. The maximum absolute atomic E-state index is 12.3. The number of anilines is 2. The van der Waals surface area contributed by atoms with E-state index in [0.29, 0.717) is 6.54 Å². The SMILES string of the molecule is CCc1ccc(NC(=O)CN2CCN(c3ccccc3OC)CC2)cc1. The summed E-state index contributed by atoms with van der Waals surface area (Å²) in [5, 5.41) is 2.99. The van der Waals surface area contributed by atoms with Gasteiger partial charge in [-0.2, -0.15) is 0 Å². The summed E-state index contributed by atoms with van der Waals surface area (Å²) in [7, 11) is 1.70. The van der Waals surface area contributed by atoms with E-state index >= 15 is 0 Å². The highest BCUT2D eigenvalue weighted by Gasteiger charge is 2.21. The van der Waals surface area contributed by atoms with Crippen LogP contribution >= 0.6 is 0 Å². The summed E-state index contributed by atoms with van der Waals surface area (Å²) in [5.41, 5.74) is 3.26. The highest BCUT2D eigenvalue weighted by Crippen LogP contribution is 2.28. The van der Waals surface area contributed by atoms with E-state index in [1.165, 1.54) is 5.56 Å². The lowest BCUT2D eigenvalue weighted by Gasteiger charge is -2.36. The number of para-hydroxylation sites is 2. The first-order valence-electron chi connectivity index (χ1n) is 9.18. The lowest BCUT2D eigenvalue weighted by atomic mass is 10.1. The fourth-order valence-electron chi connectivity index (χ4n) is 3.27. The Kier molecular flexibility index (Phi) is 6.12. The molecule has 1 amide bonds. The molecule has 0 spiro atoms. The summed E-state index contributed by atoms with van der Waals surface area (Å²) in [6, 6.07) is 16.1. The molecule has 5 heteroatoms. The number of nitrogens with one attached hydrogen (secondary N) is 1. The Morgan fingerprint density at radius 2 is 1.73 bits per heavy atom. The molecule has 0 aromatic heterocycles. The lowest BCUT2D eigenvalue weighted by molar-refractivity contribution is -0.117. The number of benzene rings is 2. The maximum Gasteiger partial charge on any atom is 0.238 e. The molecule has 26 heavy (non-hydrogen) atoms. The molecule has 0 radical (unpaired) electrons. The van der Waals surface area contributed by atoms with E-state index in [9.17, 15) is 4.79 Å². The molecule has 2 aromatic carbocycles. The van der Waals surface area contributed by atoms with Crippen molar-refractivity contribution in [3.05, 3.63) is 54.1 Å². The minimum atomic E-state index is 0.0417. The Hall–Kier alpha value is -2.53. The van der Waals surface area contributed by atoms with E-state index in [-0.39, 0.29) is 5.91 Å². The van der Waals surface area contributed by atoms with Gasteiger partial charge >= 0.3 is 0 Å². The topological polar surface area (TPSA) is 44.8 Å². The Morgan fingerprint density at radius 3 is 2.38 bits per heavy atom. The first-order chi connectivity index (χ1) is 12.7. The second kappa shape index (κ2) is 8.72. The average Bonchev–Trinajstić information content (AvgIpc) is 2.69. The van der Waals surface area contributed by atoms with Crippen LogP contribution < -0.4 is 15.0 Å². The van der Waals surface area contributed by atoms with E-state index in [2.05, 4.69) is 40.2 Å². The van der Waals surface area contributed by atoms with E-state index in [1.807, 2.05) is 30.3 Å². The summed E-state index contributed by atoms with van der Waals surface area (Å²) in [6.07, 6.45) is 1.00. The van der Waals surface area contributed by atoms with Crippen LogP contribution in [0.5, 0.6) is 5.75 Å². The maximum atomic E-state index is 12.3. The fourth-order valence-corrected chi connectivity index (χ4v) is 3.27. The molecular formula is C21H27N3O2. The van der Waals surface area contributed by atoms with E-state index < -0.39 is 0 Å². The van der Waals surface area contributed by atoms with Gasteiger partial charge in [0.25, 0.3) is 0 Å². The number of hydrogen-bond acceptors (Lipinski definition) is 4. The van der Waals surface area contributed by atoms with Crippen molar-refractivity contribution in [3.8, 4) is 5.75 Å². The van der Waals surface area contributed by atoms with Crippen molar-refractivity contribution in [1.29, 1.82) is 0 Å². The Balaban J connectivity index is 1.49. The molecular weight excluding hydrogens is 326 g/mol. The first-order valence-corrected chi connectivity index (χ1v) is 9.18. The van der Waals surface area contributed by atoms with E-state index in [4.69, 9.17) is 4.74 Å². The van der Waals surface area contributed by atoms with Gasteiger partial charge in [-0.05, 0) is 36.2 Å². The largest absolute Gasteiger partial charge is 0.495 e. The van der Waals surface area contributed by atoms with Crippen molar-refractivity contribution < 1.29 is 9.53 Å². The number of carbonyl (C=O) groups excluding carboxylic acids is 1. The first kappa shape index (κ1) is 18.3. The Labute approximate surface area is 155 Å². The van der Waals surface area contributed by atoms with Gasteiger partial charge in [-0.15, -0.1) is 0 Å². The number of carbonyl (C=O) groups is 1. The fraction of sp³-hybridized carbons (Fsp3) is 0.381. The van der Waals surface area contributed by atoms with Crippen LogP contribution in [0.1, 0.15) is 12.5 Å². The number of ether oxygens (including phenoxy) is 1. The van der Waals surface area contributed by atoms with Gasteiger partial charge in [-0.3, -0.25) is 9.69 Å². The van der Waals surface area contributed by atoms with Crippen LogP contribution in [-0.4, -0.2) is 50.6 Å². The van der Waals surface area contributed by atoms with Crippen molar-refractivity contribution in [2.24, 2.45) is 0 Å². The van der Waals surface area contributed by atoms with Crippen LogP contribution in [0, 0.1) is 0 Å². The minimum Gasteiger partial charge on any atom is -0.495 e. The summed E-state index contributed by atoms with van der Waals surface area (Å²) in [5.74, 6) is 0.939. The van der Waals surface area contributed by atoms with E-state index in [1.54, 1.807) is 7.11 Å². The monoisotopic (exact) mass is 353 g/mol. The molecule has 1 saturated heterocycles. The van der Waals surface area contributed by atoms with Gasteiger partial charge in [0.15, 0.2) is 0 Å².